The maximum absolute atomic E-state index is 5.59. The van der Waals surface area contributed by atoms with Crippen LogP contribution in [-0.4, -0.2) is 14.2 Å². The van der Waals surface area contributed by atoms with Crippen LogP contribution in [0, 0.1) is 0 Å². The van der Waals surface area contributed by atoms with Crippen molar-refractivity contribution < 1.29 is 9.47 Å². The highest BCUT2D eigenvalue weighted by molar-refractivity contribution is 5.65. The van der Waals surface area contributed by atoms with Crippen LogP contribution in [0.3, 0.4) is 0 Å². The van der Waals surface area contributed by atoms with Crippen LogP contribution in [0.2, 0.25) is 0 Å². The van der Waals surface area contributed by atoms with E-state index >= 15 is 0 Å². The number of ether oxygens (including phenoxy) is 2. The minimum atomic E-state index is -0.292. The van der Waals surface area contributed by atoms with Crippen molar-refractivity contribution in [2.45, 2.75) is 38.9 Å². The molecule has 0 bridgehead atoms. The van der Waals surface area contributed by atoms with Crippen molar-refractivity contribution in [2.24, 2.45) is 0 Å². The minimum absolute atomic E-state index is 0.292. The SMILES string of the molecule is COC(C)(C)c1cccc(-c2cccc(C(C)(C)OC)c2)c1. The van der Waals surface area contributed by atoms with E-state index in [4.69, 9.17) is 9.47 Å². The Kier molecular flexibility index (Phi) is 4.74. The van der Waals surface area contributed by atoms with Crippen molar-refractivity contribution in [3.05, 3.63) is 59.7 Å². The van der Waals surface area contributed by atoms with Gasteiger partial charge >= 0.3 is 0 Å². The van der Waals surface area contributed by atoms with Gasteiger partial charge in [-0.1, -0.05) is 36.4 Å². The number of hydrogen-bond acceptors (Lipinski definition) is 2. The molecule has 0 saturated heterocycles. The van der Waals surface area contributed by atoms with E-state index in [0.717, 1.165) is 0 Å². The van der Waals surface area contributed by atoms with Crippen LogP contribution in [0.1, 0.15) is 38.8 Å². The van der Waals surface area contributed by atoms with Crippen LogP contribution in [-0.2, 0) is 20.7 Å². The molecule has 2 heteroatoms. The Morgan fingerprint density at radius 3 is 1.32 bits per heavy atom. The van der Waals surface area contributed by atoms with Gasteiger partial charge in [0.1, 0.15) is 0 Å². The highest BCUT2D eigenvalue weighted by Gasteiger charge is 2.21. The summed E-state index contributed by atoms with van der Waals surface area (Å²) in [6.45, 7) is 8.32. The molecule has 0 heterocycles. The molecule has 2 aromatic carbocycles. The van der Waals surface area contributed by atoms with Gasteiger partial charge in [-0.3, -0.25) is 0 Å². The Labute approximate surface area is 134 Å². The lowest BCUT2D eigenvalue weighted by atomic mass is 9.91. The fourth-order valence-corrected chi connectivity index (χ4v) is 2.38. The zero-order chi connectivity index (χ0) is 16.4. The minimum Gasteiger partial charge on any atom is -0.374 e. The van der Waals surface area contributed by atoms with Crippen molar-refractivity contribution in [1.82, 2.24) is 0 Å². The van der Waals surface area contributed by atoms with Crippen molar-refractivity contribution in [2.75, 3.05) is 14.2 Å². The van der Waals surface area contributed by atoms with Gasteiger partial charge in [0.25, 0.3) is 0 Å². The Balaban J connectivity index is 2.45. The molecule has 0 aliphatic heterocycles. The molecule has 0 radical (unpaired) electrons. The summed E-state index contributed by atoms with van der Waals surface area (Å²) in [7, 11) is 3.49. The maximum atomic E-state index is 5.59. The van der Waals surface area contributed by atoms with Gasteiger partial charge in [0.05, 0.1) is 11.2 Å². The van der Waals surface area contributed by atoms with Gasteiger partial charge in [-0.25, -0.2) is 0 Å². The van der Waals surface area contributed by atoms with Crippen LogP contribution in [0.5, 0.6) is 0 Å². The van der Waals surface area contributed by atoms with Crippen molar-refractivity contribution in [3.63, 3.8) is 0 Å². The zero-order valence-electron chi connectivity index (χ0n) is 14.4. The predicted octanol–water partition coefficient (Wildman–Crippen LogP) is 5.12. The second kappa shape index (κ2) is 6.23. The first-order valence-electron chi connectivity index (χ1n) is 7.62. The lowest BCUT2D eigenvalue weighted by Gasteiger charge is -2.25. The number of rotatable bonds is 5. The number of hydrogen-bond donors (Lipinski definition) is 0. The fourth-order valence-electron chi connectivity index (χ4n) is 2.38. The largest absolute Gasteiger partial charge is 0.374 e. The topological polar surface area (TPSA) is 18.5 Å². The molecule has 0 N–H and O–H groups in total. The van der Waals surface area contributed by atoms with Gasteiger partial charge in [-0.05, 0) is 62.1 Å². The van der Waals surface area contributed by atoms with Gasteiger partial charge in [-0.15, -0.1) is 0 Å². The summed E-state index contributed by atoms with van der Waals surface area (Å²) in [5.74, 6) is 0. The van der Waals surface area contributed by atoms with Crippen LogP contribution in [0.15, 0.2) is 48.5 Å². The van der Waals surface area contributed by atoms with Crippen LogP contribution < -0.4 is 0 Å². The predicted molar refractivity (Wildman–Crippen MR) is 91.9 cm³/mol. The monoisotopic (exact) mass is 298 g/mol. The molecule has 0 aliphatic rings. The summed E-state index contributed by atoms with van der Waals surface area (Å²) >= 11 is 0. The number of benzene rings is 2. The average molecular weight is 298 g/mol. The second-order valence-electron chi connectivity index (χ2n) is 6.59. The Bertz CT molecular complexity index is 584. The number of methoxy groups -OCH3 is 2. The quantitative estimate of drug-likeness (QED) is 0.763. The summed E-state index contributed by atoms with van der Waals surface area (Å²) in [5, 5.41) is 0. The molecule has 0 fully saturated rings. The van der Waals surface area contributed by atoms with E-state index in [0.29, 0.717) is 0 Å². The van der Waals surface area contributed by atoms with Crippen molar-refractivity contribution >= 4 is 0 Å². The summed E-state index contributed by atoms with van der Waals surface area (Å²) in [6.07, 6.45) is 0. The molecule has 2 nitrogen and oxygen atoms in total. The second-order valence-corrected chi connectivity index (χ2v) is 6.59. The molecule has 0 aliphatic carbocycles. The molecule has 0 amide bonds. The highest BCUT2D eigenvalue weighted by atomic mass is 16.5. The first-order valence-corrected chi connectivity index (χ1v) is 7.62. The summed E-state index contributed by atoms with van der Waals surface area (Å²) < 4.78 is 11.2. The van der Waals surface area contributed by atoms with Crippen LogP contribution in [0.25, 0.3) is 11.1 Å². The third kappa shape index (κ3) is 3.40. The molecular formula is C20H26O2. The third-order valence-electron chi connectivity index (χ3n) is 4.47. The zero-order valence-corrected chi connectivity index (χ0v) is 14.4. The van der Waals surface area contributed by atoms with Gasteiger partial charge in [0.2, 0.25) is 0 Å². The highest BCUT2D eigenvalue weighted by Crippen LogP contribution is 2.31. The molecular weight excluding hydrogens is 272 g/mol. The Morgan fingerprint density at radius 1 is 0.636 bits per heavy atom. The van der Waals surface area contributed by atoms with Crippen molar-refractivity contribution in [1.29, 1.82) is 0 Å². The lowest BCUT2D eigenvalue weighted by molar-refractivity contribution is 0.0189. The van der Waals surface area contributed by atoms with Crippen molar-refractivity contribution in [3.8, 4) is 11.1 Å². The van der Waals surface area contributed by atoms with Gasteiger partial charge in [0, 0.05) is 14.2 Å². The third-order valence-corrected chi connectivity index (χ3v) is 4.47. The summed E-state index contributed by atoms with van der Waals surface area (Å²) in [6, 6.07) is 17.0. The lowest BCUT2D eigenvalue weighted by Crippen LogP contribution is -2.19. The van der Waals surface area contributed by atoms with E-state index in [1.165, 1.54) is 22.3 Å². The van der Waals surface area contributed by atoms with E-state index in [1.54, 1.807) is 14.2 Å². The first-order chi connectivity index (χ1) is 10.3. The Hall–Kier alpha value is -1.64. The van der Waals surface area contributed by atoms with E-state index in [-0.39, 0.29) is 11.2 Å². The molecule has 2 aromatic rings. The summed E-state index contributed by atoms with van der Waals surface area (Å²) in [5.41, 5.74) is 4.14. The van der Waals surface area contributed by atoms with E-state index in [1.807, 2.05) is 0 Å². The molecule has 2 rings (SSSR count). The summed E-state index contributed by atoms with van der Waals surface area (Å²) in [4.78, 5) is 0. The first kappa shape index (κ1) is 16.7. The normalized spacial score (nSPS) is 12.5. The van der Waals surface area contributed by atoms with Gasteiger partial charge < -0.3 is 9.47 Å². The molecule has 0 saturated carbocycles. The smallest absolute Gasteiger partial charge is 0.0871 e. The van der Waals surface area contributed by atoms with Gasteiger partial charge in [0.15, 0.2) is 0 Å². The van der Waals surface area contributed by atoms with Crippen LogP contribution >= 0.6 is 0 Å². The molecule has 0 aromatic heterocycles. The maximum Gasteiger partial charge on any atom is 0.0871 e. The van der Waals surface area contributed by atoms with E-state index in [2.05, 4.69) is 76.2 Å². The standard InChI is InChI=1S/C20H26O2/c1-19(2,21-5)17-11-7-9-15(13-17)16-10-8-12-18(14-16)20(3,4)22-6/h7-14H,1-6H3. The molecule has 0 spiro atoms. The van der Waals surface area contributed by atoms with Gasteiger partial charge in [-0.2, -0.15) is 0 Å². The molecule has 0 atom stereocenters. The molecule has 0 unspecified atom stereocenters. The Morgan fingerprint density at radius 2 is 1.00 bits per heavy atom. The fraction of sp³-hybridized carbons (Fsp3) is 0.400. The molecule has 118 valence electrons. The molecule has 22 heavy (non-hydrogen) atoms. The van der Waals surface area contributed by atoms with E-state index < -0.39 is 0 Å². The average Bonchev–Trinajstić information content (AvgIpc) is 2.55. The van der Waals surface area contributed by atoms with E-state index in [9.17, 15) is 0 Å². The van der Waals surface area contributed by atoms with Crippen LogP contribution in [0.4, 0.5) is 0 Å².